The van der Waals surface area contributed by atoms with Crippen molar-refractivity contribution in [1.29, 1.82) is 0 Å². The summed E-state index contributed by atoms with van der Waals surface area (Å²) < 4.78 is 1.75. The van der Waals surface area contributed by atoms with E-state index in [0.29, 0.717) is 6.54 Å². The number of hydrogen-bond donors (Lipinski definition) is 1. The standard InChI is InChI=1S/C11H12ClN5O/c1-7-8(4-16-17(7)2)3-15-11(18)9-5-14-10(12)6-13-9/h4-6H,3H2,1-2H3,(H,15,18). The van der Waals surface area contributed by atoms with Crippen molar-refractivity contribution in [3.8, 4) is 0 Å². The molecule has 0 saturated heterocycles. The van der Waals surface area contributed by atoms with Gasteiger partial charge in [0.2, 0.25) is 0 Å². The molecule has 0 radical (unpaired) electrons. The van der Waals surface area contributed by atoms with Crippen molar-refractivity contribution in [3.63, 3.8) is 0 Å². The lowest BCUT2D eigenvalue weighted by molar-refractivity contribution is 0.0945. The van der Waals surface area contributed by atoms with E-state index in [1.165, 1.54) is 12.4 Å². The summed E-state index contributed by atoms with van der Waals surface area (Å²) in [6, 6.07) is 0. The number of aromatic nitrogens is 4. The Morgan fingerprint density at radius 1 is 1.39 bits per heavy atom. The van der Waals surface area contributed by atoms with Crippen LogP contribution in [-0.2, 0) is 13.6 Å². The zero-order valence-electron chi connectivity index (χ0n) is 10.0. The van der Waals surface area contributed by atoms with Crippen molar-refractivity contribution in [1.82, 2.24) is 25.1 Å². The third-order valence-corrected chi connectivity index (χ3v) is 2.82. The molecule has 0 fully saturated rings. The van der Waals surface area contributed by atoms with Crippen LogP contribution in [0.5, 0.6) is 0 Å². The summed E-state index contributed by atoms with van der Waals surface area (Å²) in [6.07, 6.45) is 4.41. The summed E-state index contributed by atoms with van der Waals surface area (Å²) in [4.78, 5) is 19.5. The van der Waals surface area contributed by atoms with Gasteiger partial charge in [-0.3, -0.25) is 9.48 Å². The second-order valence-corrected chi connectivity index (χ2v) is 4.17. The maximum atomic E-state index is 11.8. The van der Waals surface area contributed by atoms with E-state index in [-0.39, 0.29) is 16.8 Å². The molecule has 1 amide bonds. The van der Waals surface area contributed by atoms with Gasteiger partial charge in [0.05, 0.1) is 18.6 Å². The van der Waals surface area contributed by atoms with Gasteiger partial charge < -0.3 is 5.32 Å². The van der Waals surface area contributed by atoms with Gasteiger partial charge in [0, 0.05) is 24.8 Å². The molecule has 0 saturated carbocycles. The summed E-state index contributed by atoms with van der Waals surface area (Å²) >= 11 is 5.60. The quantitative estimate of drug-likeness (QED) is 0.902. The van der Waals surface area contributed by atoms with E-state index >= 15 is 0 Å². The fraction of sp³-hybridized carbons (Fsp3) is 0.273. The fourth-order valence-electron chi connectivity index (χ4n) is 1.41. The first-order valence-corrected chi connectivity index (χ1v) is 5.69. The summed E-state index contributed by atoms with van der Waals surface area (Å²) in [6.45, 7) is 2.35. The van der Waals surface area contributed by atoms with Crippen LogP contribution >= 0.6 is 11.6 Å². The molecule has 0 aliphatic carbocycles. The lowest BCUT2D eigenvalue weighted by Crippen LogP contribution is -2.24. The average molecular weight is 266 g/mol. The van der Waals surface area contributed by atoms with E-state index in [1.54, 1.807) is 10.9 Å². The Kier molecular flexibility index (Phi) is 3.57. The number of nitrogens with one attached hydrogen (secondary N) is 1. The Hall–Kier alpha value is -1.95. The van der Waals surface area contributed by atoms with E-state index in [4.69, 9.17) is 11.6 Å². The molecule has 0 unspecified atom stereocenters. The minimum Gasteiger partial charge on any atom is -0.346 e. The van der Waals surface area contributed by atoms with Crippen molar-refractivity contribution >= 4 is 17.5 Å². The number of amides is 1. The molecule has 6 nitrogen and oxygen atoms in total. The highest BCUT2D eigenvalue weighted by atomic mass is 35.5. The van der Waals surface area contributed by atoms with Crippen LogP contribution in [0.1, 0.15) is 21.7 Å². The molecule has 0 spiro atoms. The lowest BCUT2D eigenvalue weighted by atomic mass is 10.2. The highest BCUT2D eigenvalue weighted by molar-refractivity contribution is 6.29. The van der Waals surface area contributed by atoms with Crippen LogP contribution < -0.4 is 5.32 Å². The second kappa shape index (κ2) is 5.14. The van der Waals surface area contributed by atoms with E-state index in [9.17, 15) is 4.79 Å². The normalized spacial score (nSPS) is 10.4. The summed E-state index contributed by atoms with van der Waals surface area (Å²) in [7, 11) is 1.85. The second-order valence-electron chi connectivity index (χ2n) is 3.79. The molecule has 0 aliphatic rings. The summed E-state index contributed by atoms with van der Waals surface area (Å²) in [5.74, 6) is -0.289. The van der Waals surface area contributed by atoms with Crippen LogP contribution in [0.2, 0.25) is 5.15 Å². The van der Waals surface area contributed by atoms with Crippen LogP contribution in [0, 0.1) is 6.92 Å². The molecule has 2 aromatic rings. The molecule has 94 valence electrons. The Balaban J connectivity index is 2.00. The third-order valence-electron chi connectivity index (χ3n) is 2.63. The number of carbonyl (C=O) groups is 1. The van der Waals surface area contributed by atoms with Crippen molar-refractivity contribution in [3.05, 3.63) is 40.7 Å². The van der Waals surface area contributed by atoms with Gasteiger partial charge >= 0.3 is 0 Å². The van der Waals surface area contributed by atoms with Crippen LogP contribution in [0.3, 0.4) is 0 Å². The van der Waals surface area contributed by atoms with Crippen LogP contribution in [0.4, 0.5) is 0 Å². The Bertz CT molecular complexity index is 563. The van der Waals surface area contributed by atoms with Gasteiger partial charge in [-0.1, -0.05) is 11.6 Å². The van der Waals surface area contributed by atoms with Gasteiger partial charge in [0.25, 0.3) is 5.91 Å². The zero-order valence-corrected chi connectivity index (χ0v) is 10.8. The molecule has 18 heavy (non-hydrogen) atoms. The van der Waals surface area contributed by atoms with Crippen LogP contribution in [0.15, 0.2) is 18.6 Å². The monoisotopic (exact) mass is 265 g/mol. The van der Waals surface area contributed by atoms with Gasteiger partial charge in [-0.05, 0) is 6.92 Å². The molecule has 0 aromatic carbocycles. The fourth-order valence-corrected chi connectivity index (χ4v) is 1.51. The average Bonchev–Trinajstić information content (AvgIpc) is 2.68. The molecule has 2 rings (SSSR count). The number of carbonyl (C=O) groups excluding carboxylic acids is 1. The first-order valence-electron chi connectivity index (χ1n) is 5.31. The lowest BCUT2D eigenvalue weighted by Gasteiger charge is -2.04. The highest BCUT2D eigenvalue weighted by Crippen LogP contribution is 2.05. The van der Waals surface area contributed by atoms with Gasteiger partial charge in [-0.2, -0.15) is 5.10 Å². The summed E-state index contributed by atoms with van der Waals surface area (Å²) in [5, 5.41) is 7.11. The molecule has 0 aliphatic heterocycles. The van der Waals surface area contributed by atoms with Crippen molar-refractivity contribution in [2.45, 2.75) is 13.5 Å². The number of hydrogen-bond acceptors (Lipinski definition) is 4. The smallest absolute Gasteiger partial charge is 0.271 e. The first kappa shape index (κ1) is 12.5. The molecular weight excluding hydrogens is 254 g/mol. The van der Waals surface area contributed by atoms with Gasteiger partial charge in [-0.15, -0.1) is 0 Å². The van der Waals surface area contributed by atoms with E-state index < -0.39 is 0 Å². The van der Waals surface area contributed by atoms with Gasteiger partial charge in [0.1, 0.15) is 10.8 Å². The van der Waals surface area contributed by atoms with E-state index in [0.717, 1.165) is 11.3 Å². The topological polar surface area (TPSA) is 72.7 Å². The van der Waals surface area contributed by atoms with Crippen LogP contribution in [-0.4, -0.2) is 25.7 Å². The maximum absolute atomic E-state index is 11.8. The molecular formula is C11H12ClN5O. The minimum atomic E-state index is -0.289. The van der Waals surface area contributed by atoms with Crippen molar-refractivity contribution in [2.24, 2.45) is 7.05 Å². The van der Waals surface area contributed by atoms with Crippen molar-refractivity contribution in [2.75, 3.05) is 0 Å². The van der Waals surface area contributed by atoms with Gasteiger partial charge in [0.15, 0.2) is 0 Å². The Morgan fingerprint density at radius 2 is 2.17 bits per heavy atom. The molecule has 0 atom stereocenters. The number of rotatable bonds is 3. The molecule has 0 bridgehead atoms. The zero-order chi connectivity index (χ0) is 13.1. The third kappa shape index (κ3) is 2.65. The predicted molar refractivity (Wildman–Crippen MR) is 66.2 cm³/mol. The largest absolute Gasteiger partial charge is 0.346 e. The Labute approximate surface area is 109 Å². The predicted octanol–water partition coefficient (Wildman–Crippen LogP) is 1.10. The van der Waals surface area contributed by atoms with Gasteiger partial charge in [-0.25, -0.2) is 9.97 Å². The molecule has 7 heteroatoms. The number of aryl methyl sites for hydroxylation is 1. The first-order chi connectivity index (χ1) is 8.58. The number of halogens is 1. The minimum absolute atomic E-state index is 0.237. The number of nitrogens with zero attached hydrogens (tertiary/aromatic N) is 4. The molecule has 2 heterocycles. The van der Waals surface area contributed by atoms with Crippen molar-refractivity contribution < 1.29 is 4.79 Å². The highest BCUT2D eigenvalue weighted by Gasteiger charge is 2.09. The summed E-state index contributed by atoms with van der Waals surface area (Å²) in [5.41, 5.74) is 2.21. The van der Waals surface area contributed by atoms with E-state index in [1.807, 2.05) is 14.0 Å². The Morgan fingerprint density at radius 3 is 2.72 bits per heavy atom. The molecule has 2 aromatic heterocycles. The SMILES string of the molecule is Cc1c(CNC(=O)c2cnc(Cl)cn2)cnn1C. The maximum Gasteiger partial charge on any atom is 0.271 e. The van der Waals surface area contributed by atoms with E-state index in [2.05, 4.69) is 20.4 Å². The molecule has 1 N–H and O–H groups in total. The van der Waals surface area contributed by atoms with Crippen LogP contribution in [0.25, 0.3) is 0 Å².